The van der Waals surface area contributed by atoms with Crippen LogP contribution in [-0.2, 0) is 19.8 Å². The minimum atomic E-state index is -1.19. The average Bonchev–Trinajstić information content (AvgIpc) is 2.90. The number of likely N-dealkylation sites (tertiary alicyclic amines) is 1. The van der Waals surface area contributed by atoms with Gasteiger partial charge in [-0.25, -0.2) is 4.79 Å². The fraction of sp³-hybridized carbons (Fsp3) is 0.407. The molecule has 10 heteroatoms. The second kappa shape index (κ2) is 13.4. The molecule has 1 fully saturated rings. The van der Waals surface area contributed by atoms with Crippen LogP contribution in [-0.4, -0.2) is 72.9 Å². The lowest BCUT2D eigenvalue weighted by molar-refractivity contribution is -0.136. The molecule has 3 rings (SSSR count). The first-order valence-corrected chi connectivity index (χ1v) is 12.1. The quantitative estimate of drug-likeness (QED) is 0.252. The maximum atomic E-state index is 12.7. The SMILES string of the molecule is CC(CCNC(=O)N1CCC(C=O)(C(N)=O)CC1)(c1ccc(O)cc1)c1ccc(O)cc1.CNCC=O. The van der Waals surface area contributed by atoms with Crippen molar-refractivity contribution in [3.63, 3.8) is 0 Å². The van der Waals surface area contributed by atoms with Gasteiger partial charge in [-0.1, -0.05) is 31.2 Å². The fourth-order valence-corrected chi connectivity index (χ4v) is 4.26. The first-order valence-electron chi connectivity index (χ1n) is 12.1. The van der Waals surface area contributed by atoms with Crippen LogP contribution in [0, 0.1) is 5.41 Å². The normalized spacial score (nSPS) is 14.6. The molecule has 1 aliphatic rings. The number of carbonyl (C=O) groups excluding carboxylic acids is 4. The number of rotatable bonds is 9. The Morgan fingerprint density at radius 1 is 1.00 bits per heavy atom. The Bertz CT molecular complexity index is 1000. The van der Waals surface area contributed by atoms with Gasteiger partial charge in [0.2, 0.25) is 5.91 Å². The van der Waals surface area contributed by atoms with Crippen LogP contribution in [0.2, 0.25) is 0 Å². The molecule has 37 heavy (non-hydrogen) atoms. The minimum Gasteiger partial charge on any atom is -0.508 e. The molecule has 6 N–H and O–H groups in total. The topological polar surface area (TPSA) is 162 Å². The maximum absolute atomic E-state index is 12.7. The molecule has 0 saturated carbocycles. The average molecular weight is 513 g/mol. The molecule has 1 aliphatic heterocycles. The number of urea groups is 1. The lowest BCUT2D eigenvalue weighted by atomic mass is 9.73. The van der Waals surface area contributed by atoms with Gasteiger partial charge in [0.05, 0.1) is 6.54 Å². The highest BCUT2D eigenvalue weighted by atomic mass is 16.3. The highest BCUT2D eigenvalue weighted by Gasteiger charge is 2.41. The number of likely N-dealkylation sites (N-methyl/N-ethyl adjacent to an activating group) is 1. The zero-order chi connectivity index (χ0) is 27.5. The number of phenolic OH excluding ortho intramolecular Hbond substituents is 2. The fourth-order valence-electron chi connectivity index (χ4n) is 4.26. The van der Waals surface area contributed by atoms with E-state index < -0.39 is 16.7 Å². The molecule has 3 amide bonds. The monoisotopic (exact) mass is 512 g/mol. The van der Waals surface area contributed by atoms with Crippen LogP contribution in [0.5, 0.6) is 11.5 Å². The van der Waals surface area contributed by atoms with Crippen LogP contribution >= 0.6 is 0 Å². The number of phenols is 2. The van der Waals surface area contributed by atoms with Crippen molar-refractivity contribution in [2.24, 2.45) is 11.1 Å². The molecule has 2 aromatic carbocycles. The molecule has 0 bridgehead atoms. The van der Waals surface area contributed by atoms with Crippen molar-refractivity contribution in [2.45, 2.75) is 31.6 Å². The van der Waals surface area contributed by atoms with E-state index >= 15 is 0 Å². The van der Waals surface area contributed by atoms with Gasteiger partial charge in [-0.3, -0.25) is 4.79 Å². The number of primary amides is 1. The van der Waals surface area contributed by atoms with Crippen molar-refractivity contribution >= 4 is 24.5 Å². The summed E-state index contributed by atoms with van der Waals surface area (Å²) in [5.41, 5.74) is 5.63. The molecule has 0 spiro atoms. The Labute approximate surface area is 216 Å². The molecule has 0 radical (unpaired) electrons. The van der Waals surface area contributed by atoms with Crippen LogP contribution in [0.15, 0.2) is 48.5 Å². The molecule has 0 aliphatic carbocycles. The van der Waals surface area contributed by atoms with Crippen LogP contribution in [0.1, 0.15) is 37.3 Å². The highest BCUT2D eigenvalue weighted by Crippen LogP contribution is 2.36. The van der Waals surface area contributed by atoms with E-state index in [1.807, 2.05) is 31.2 Å². The number of nitrogens with zero attached hydrogens (tertiary/aromatic N) is 1. The van der Waals surface area contributed by atoms with E-state index in [0.717, 1.165) is 17.4 Å². The predicted octanol–water partition coefficient (Wildman–Crippen LogP) is 1.67. The molecule has 0 aromatic heterocycles. The summed E-state index contributed by atoms with van der Waals surface area (Å²) in [6.07, 6.45) is 2.43. The summed E-state index contributed by atoms with van der Waals surface area (Å²) < 4.78 is 0. The van der Waals surface area contributed by atoms with Gasteiger partial charge in [0.15, 0.2) is 0 Å². The number of aromatic hydroxyl groups is 2. The van der Waals surface area contributed by atoms with Crippen molar-refractivity contribution < 1.29 is 29.4 Å². The van der Waals surface area contributed by atoms with Crippen molar-refractivity contribution in [3.8, 4) is 11.5 Å². The van der Waals surface area contributed by atoms with Crippen molar-refractivity contribution in [2.75, 3.05) is 33.2 Å². The van der Waals surface area contributed by atoms with Gasteiger partial charge in [-0.2, -0.15) is 0 Å². The van der Waals surface area contributed by atoms with Crippen LogP contribution in [0.4, 0.5) is 4.79 Å². The number of aldehydes is 2. The molecule has 0 unspecified atom stereocenters. The smallest absolute Gasteiger partial charge is 0.317 e. The molecule has 1 heterocycles. The summed E-state index contributed by atoms with van der Waals surface area (Å²) in [7, 11) is 1.73. The Kier molecular flexibility index (Phi) is 10.6. The van der Waals surface area contributed by atoms with Gasteiger partial charge >= 0.3 is 6.03 Å². The number of carbonyl (C=O) groups is 4. The number of nitrogens with one attached hydrogen (secondary N) is 2. The van der Waals surface area contributed by atoms with Gasteiger partial charge in [-0.15, -0.1) is 0 Å². The third kappa shape index (κ3) is 7.53. The Morgan fingerprint density at radius 3 is 1.84 bits per heavy atom. The minimum absolute atomic E-state index is 0.169. The van der Waals surface area contributed by atoms with Crippen molar-refractivity contribution in [1.82, 2.24) is 15.5 Å². The molecule has 200 valence electrons. The second-order valence-corrected chi connectivity index (χ2v) is 9.26. The molecule has 0 atom stereocenters. The van der Waals surface area contributed by atoms with Gasteiger partial charge in [-0.05, 0) is 61.7 Å². The number of hydrogen-bond acceptors (Lipinski definition) is 7. The summed E-state index contributed by atoms with van der Waals surface area (Å²) in [6.45, 7) is 3.44. The molecule has 1 saturated heterocycles. The van der Waals surface area contributed by atoms with E-state index in [2.05, 4.69) is 10.6 Å². The lowest BCUT2D eigenvalue weighted by Crippen LogP contribution is -2.52. The van der Waals surface area contributed by atoms with Crippen LogP contribution in [0.3, 0.4) is 0 Å². The Morgan fingerprint density at radius 2 is 1.49 bits per heavy atom. The standard InChI is InChI=1S/C24H29N3O5.C3H7NO/c1-23(17-2-6-19(29)7-3-17,18-4-8-20(30)9-5-18)10-13-26-22(32)27-14-11-24(16-28,12-15-27)21(25)31;1-4-2-3-5/h2-9,16,29-30H,10-15H2,1H3,(H2,25,31)(H,26,32);3-4H,2H2,1H3. The number of hydrogen-bond donors (Lipinski definition) is 5. The number of nitrogens with two attached hydrogens (primary N) is 1. The van der Waals surface area contributed by atoms with Gasteiger partial charge in [0, 0.05) is 25.0 Å². The predicted molar refractivity (Wildman–Crippen MR) is 139 cm³/mol. The zero-order valence-electron chi connectivity index (χ0n) is 21.3. The van der Waals surface area contributed by atoms with Gasteiger partial charge < -0.3 is 41.1 Å². The highest BCUT2D eigenvalue weighted by molar-refractivity contribution is 5.96. The summed E-state index contributed by atoms with van der Waals surface area (Å²) in [4.78, 5) is 46.5. The summed E-state index contributed by atoms with van der Waals surface area (Å²) in [5, 5.41) is 24.9. The van der Waals surface area contributed by atoms with Crippen LogP contribution < -0.4 is 16.4 Å². The van der Waals surface area contributed by atoms with Crippen molar-refractivity contribution in [1.29, 1.82) is 0 Å². The second-order valence-electron chi connectivity index (χ2n) is 9.26. The summed E-state index contributed by atoms with van der Waals surface area (Å²) in [6, 6.07) is 13.6. The number of piperidine rings is 1. The van der Waals surface area contributed by atoms with E-state index in [-0.39, 0.29) is 43.5 Å². The Balaban J connectivity index is 0.000000877. The third-order valence-electron chi connectivity index (χ3n) is 6.86. The first-order chi connectivity index (χ1) is 17.6. The van der Waals surface area contributed by atoms with Crippen molar-refractivity contribution in [3.05, 3.63) is 59.7 Å². The largest absolute Gasteiger partial charge is 0.508 e. The van der Waals surface area contributed by atoms with E-state index in [4.69, 9.17) is 5.73 Å². The third-order valence-corrected chi connectivity index (χ3v) is 6.86. The van der Waals surface area contributed by atoms with E-state index in [9.17, 15) is 29.4 Å². The van der Waals surface area contributed by atoms with Gasteiger partial charge in [0.25, 0.3) is 0 Å². The van der Waals surface area contributed by atoms with Gasteiger partial charge in [0.1, 0.15) is 29.5 Å². The van der Waals surface area contributed by atoms with E-state index in [1.165, 1.54) is 0 Å². The van der Waals surface area contributed by atoms with E-state index in [0.29, 0.717) is 25.8 Å². The lowest BCUT2D eigenvalue weighted by Gasteiger charge is -2.36. The molecular formula is C27H36N4O6. The zero-order valence-corrected chi connectivity index (χ0v) is 21.3. The maximum Gasteiger partial charge on any atom is 0.317 e. The summed E-state index contributed by atoms with van der Waals surface area (Å²) >= 11 is 0. The Hall–Kier alpha value is -3.92. The number of amides is 3. The van der Waals surface area contributed by atoms with E-state index in [1.54, 1.807) is 36.2 Å². The molecule has 2 aromatic rings. The number of benzene rings is 2. The molecule has 10 nitrogen and oxygen atoms in total. The van der Waals surface area contributed by atoms with Crippen LogP contribution in [0.25, 0.3) is 0 Å². The first kappa shape index (κ1) is 29.3. The summed E-state index contributed by atoms with van der Waals surface area (Å²) in [5.74, 6) is -0.309. The molecular weight excluding hydrogens is 476 g/mol.